The van der Waals surface area contributed by atoms with Gasteiger partial charge < -0.3 is 14.2 Å². The van der Waals surface area contributed by atoms with Crippen LogP contribution in [0, 0.1) is 11.3 Å². The van der Waals surface area contributed by atoms with Crippen molar-refractivity contribution in [3.63, 3.8) is 0 Å². The van der Waals surface area contributed by atoms with Gasteiger partial charge in [-0.3, -0.25) is 4.90 Å². The van der Waals surface area contributed by atoms with Crippen LogP contribution in [0.3, 0.4) is 0 Å². The fourth-order valence-corrected chi connectivity index (χ4v) is 3.96. The first-order valence-corrected chi connectivity index (χ1v) is 10.3. The lowest BCUT2D eigenvalue weighted by Crippen LogP contribution is -2.34. The number of nitrogens with zero attached hydrogens (tertiary/aromatic N) is 5. The van der Waals surface area contributed by atoms with Crippen molar-refractivity contribution >= 4 is 0 Å². The number of imidazole rings is 1. The van der Waals surface area contributed by atoms with Crippen molar-refractivity contribution in [1.29, 1.82) is 5.26 Å². The Labute approximate surface area is 191 Å². The number of aromatic amines is 1. The Morgan fingerprint density at radius 3 is 2.79 bits per heavy atom. The molecule has 0 aliphatic carbocycles. The monoisotopic (exact) mass is 466 g/mol. The third-order valence-electron chi connectivity index (χ3n) is 5.51. The Hall–Kier alpha value is -4.17. The second kappa shape index (κ2) is 8.64. The predicted octanol–water partition coefficient (Wildman–Crippen LogP) is 4.53. The Kier molecular flexibility index (Phi) is 5.51. The normalized spacial score (nSPS) is 16.1. The maximum Gasteiger partial charge on any atom is 0.573 e. The van der Waals surface area contributed by atoms with Gasteiger partial charge in [-0.2, -0.15) is 10.2 Å². The van der Waals surface area contributed by atoms with E-state index in [-0.39, 0.29) is 17.6 Å². The minimum absolute atomic E-state index is 0.257. The van der Waals surface area contributed by atoms with Gasteiger partial charge in [-0.15, -0.1) is 13.2 Å². The molecule has 0 saturated carbocycles. The van der Waals surface area contributed by atoms with E-state index in [1.54, 1.807) is 12.4 Å². The predicted molar refractivity (Wildman–Crippen MR) is 112 cm³/mol. The van der Waals surface area contributed by atoms with Crippen molar-refractivity contribution in [2.45, 2.75) is 31.9 Å². The highest BCUT2D eigenvalue weighted by molar-refractivity contribution is 5.55. The van der Waals surface area contributed by atoms with Crippen molar-refractivity contribution in [3.05, 3.63) is 83.3 Å². The highest BCUT2D eigenvalue weighted by Crippen LogP contribution is 2.34. The number of nitrogens with one attached hydrogen (secondary N) is 1. The number of ether oxygens (including phenoxy) is 1. The van der Waals surface area contributed by atoms with E-state index in [2.05, 4.69) is 35.8 Å². The maximum atomic E-state index is 12.4. The lowest BCUT2D eigenvalue weighted by Gasteiger charge is -2.32. The summed E-state index contributed by atoms with van der Waals surface area (Å²) in [4.78, 5) is 14.2. The van der Waals surface area contributed by atoms with Gasteiger partial charge in [0.25, 0.3) is 0 Å². The molecule has 8 nitrogen and oxygen atoms in total. The lowest BCUT2D eigenvalue weighted by molar-refractivity contribution is -0.274. The van der Waals surface area contributed by atoms with Gasteiger partial charge in [-0.05, 0) is 42.0 Å². The van der Waals surface area contributed by atoms with Crippen molar-refractivity contribution < 1.29 is 22.4 Å². The summed E-state index contributed by atoms with van der Waals surface area (Å²) in [5, 5.41) is 13.2. The number of hydrogen-bond acceptors (Lipinski definition) is 7. The quantitative estimate of drug-likeness (QED) is 0.461. The topological polar surface area (TPSA) is 104 Å². The minimum Gasteiger partial charge on any atom is -0.406 e. The first-order chi connectivity index (χ1) is 16.4. The number of rotatable bonds is 5. The molecule has 3 heterocycles. The average Bonchev–Trinajstić information content (AvgIpc) is 3.47. The van der Waals surface area contributed by atoms with Crippen molar-refractivity contribution in [2.75, 3.05) is 0 Å². The molecular formula is C23H17F3N6O2. The SMILES string of the molecule is N#Cc1cccc(CN2Cc3[nH]cnc3CC2c2nc(-c3ccc(OC(F)(F)F)cc3)no2)c1. The van der Waals surface area contributed by atoms with Gasteiger partial charge in [0.1, 0.15) is 5.75 Å². The number of H-pyrrole nitrogens is 1. The summed E-state index contributed by atoms with van der Waals surface area (Å²) < 4.78 is 46.7. The van der Waals surface area contributed by atoms with E-state index in [9.17, 15) is 18.4 Å². The van der Waals surface area contributed by atoms with Crippen LogP contribution < -0.4 is 4.74 Å². The van der Waals surface area contributed by atoms with E-state index in [0.717, 1.165) is 17.0 Å². The molecule has 0 saturated heterocycles. The van der Waals surface area contributed by atoms with Crippen LogP contribution in [-0.2, 0) is 19.5 Å². The highest BCUT2D eigenvalue weighted by Gasteiger charge is 2.34. The molecule has 1 aliphatic rings. The zero-order chi connectivity index (χ0) is 23.7. The number of aromatic nitrogens is 4. The Balaban J connectivity index is 1.40. The van der Waals surface area contributed by atoms with Crippen LogP contribution in [0.5, 0.6) is 5.75 Å². The molecule has 0 fully saturated rings. The summed E-state index contributed by atoms with van der Waals surface area (Å²) in [7, 11) is 0. The van der Waals surface area contributed by atoms with Gasteiger partial charge in [0, 0.05) is 25.1 Å². The molecule has 4 aromatic rings. The molecule has 34 heavy (non-hydrogen) atoms. The lowest BCUT2D eigenvalue weighted by atomic mass is 10.0. The molecule has 0 radical (unpaired) electrons. The minimum atomic E-state index is -4.76. The van der Waals surface area contributed by atoms with E-state index in [1.807, 2.05) is 18.2 Å². The molecule has 172 valence electrons. The van der Waals surface area contributed by atoms with E-state index < -0.39 is 6.36 Å². The second-order valence-corrected chi connectivity index (χ2v) is 7.79. The summed E-state index contributed by atoms with van der Waals surface area (Å²) in [5.74, 6) is 0.299. The number of benzene rings is 2. The molecule has 0 spiro atoms. The van der Waals surface area contributed by atoms with Crippen LogP contribution in [0.25, 0.3) is 11.4 Å². The van der Waals surface area contributed by atoms with Gasteiger partial charge in [0.05, 0.1) is 35.4 Å². The zero-order valence-corrected chi connectivity index (χ0v) is 17.6. The maximum absolute atomic E-state index is 12.4. The number of alkyl halides is 3. The van der Waals surface area contributed by atoms with Gasteiger partial charge >= 0.3 is 6.36 Å². The summed E-state index contributed by atoms with van der Waals surface area (Å²) in [6.45, 7) is 1.11. The molecule has 2 aromatic carbocycles. The van der Waals surface area contributed by atoms with Crippen LogP contribution in [-0.4, -0.2) is 31.4 Å². The molecule has 2 aromatic heterocycles. The van der Waals surface area contributed by atoms with Crippen molar-refractivity contribution in [1.82, 2.24) is 25.0 Å². The smallest absolute Gasteiger partial charge is 0.406 e. The number of nitriles is 1. The molecule has 1 aliphatic heterocycles. The highest BCUT2D eigenvalue weighted by atomic mass is 19.4. The number of fused-ring (bicyclic) bond motifs is 1. The third-order valence-corrected chi connectivity index (χ3v) is 5.51. The van der Waals surface area contributed by atoms with Gasteiger partial charge in [-0.1, -0.05) is 17.3 Å². The fraction of sp³-hybridized carbons (Fsp3) is 0.217. The molecular weight excluding hydrogens is 449 g/mol. The standard InChI is InChI=1S/C23H17F3N6O2/c24-23(25,26)33-17-6-4-16(5-7-17)21-30-22(34-31-21)20-9-18-19(29-13-28-18)12-32(20)11-15-3-1-2-14(8-15)10-27/h1-8,13,20H,9,11-12H2,(H,28,29). The first kappa shape index (κ1) is 21.7. The van der Waals surface area contributed by atoms with Crippen LogP contribution in [0.2, 0.25) is 0 Å². The molecule has 5 rings (SSSR count). The molecule has 11 heteroatoms. The Morgan fingerprint density at radius 2 is 2.03 bits per heavy atom. The second-order valence-electron chi connectivity index (χ2n) is 7.79. The number of halogens is 3. The van der Waals surface area contributed by atoms with Crippen LogP contribution >= 0.6 is 0 Å². The Bertz CT molecular complexity index is 1340. The number of hydrogen-bond donors (Lipinski definition) is 1. The van der Waals surface area contributed by atoms with E-state index in [1.165, 1.54) is 24.3 Å². The first-order valence-electron chi connectivity index (χ1n) is 10.3. The van der Waals surface area contributed by atoms with Crippen LogP contribution in [0.1, 0.15) is 34.4 Å². The largest absolute Gasteiger partial charge is 0.573 e. The fourth-order valence-electron chi connectivity index (χ4n) is 3.96. The molecule has 1 unspecified atom stereocenters. The third kappa shape index (κ3) is 4.62. The van der Waals surface area contributed by atoms with Crippen molar-refractivity contribution in [3.8, 4) is 23.2 Å². The van der Waals surface area contributed by atoms with E-state index in [0.29, 0.717) is 36.5 Å². The molecule has 1 N–H and O–H groups in total. The summed E-state index contributed by atoms with van der Waals surface area (Å²) in [6.07, 6.45) is -2.58. The molecule has 1 atom stereocenters. The summed E-state index contributed by atoms with van der Waals surface area (Å²) in [6, 6.07) is 14.5. The molecule has 0 bridgehead atoms. The van der Waals surface area contributed by atoms with E-state index in [4.69, 9.17) is 4.52 Å². The Morgan fingerprint density at radius 1 is 1.21 bits per heavy atom. The van der Waals surface area contributed by atoms with Crippen molar-refractivity contribution in [2.24, 2.45) is 0 Å². The average molecular weight is 466 g/mol. The van der Waals surface area contributed by atoms with Gasteiger partial charge in [0.15, 0.2) is 0 Å². The summed E-state index contributed by atoms with van der Waals surface area (Å²) in [5.41, 5.74) is 3.93. The van der Waals surface area contributed by atoms with E-state index >= 15 is 0 Å². The zero-order valence-electron chi connectivity index (χ0n) is 17.6. The van der Waals surface area contributed by atoms with Crippen LogP contribution in [0.15, 0.2) is 59.4 Å². The molecule has 0 amide bonds. The van der Waals surface area contributed by atoms with Gasteiger partial charge in [0.2, 0.25) is 11.7 Å². The summed E-state index contributed by atoms with van der Waals surface area (Å²) >= 11 is 0. The van der Waals surface area contributed by atoms with Crippen LogP contribution in [0.4, 0.5) is 13.2 Å². The van der Waals surface area contributed by atoms with Gasteiger partial charge in [-0.25, -0.2) is 4.98 Å².